The topological polar surface area (TPSA) is 113 Å². The van der Waals surface area contributed by atoms with Gasteiger partial charge in [-0.25, -0.2) is 14.4 Å². The van der Waals surface area contributed by atoms with Crippen LogP contribution in [0.15, 0.2) is 36.5 Å². The largest absolute Gasteiger partial charge is 0.389 e. The fraction of sp³-hybridized carbons (Fsp3) is 0.438. The maximum atomic E-state index is 13.6. The van der Waals surface area contributed by atoms with Crippen molar-refractivity contribution in [1.82, 2.24) is 24.6 Å². The van der Waals surface area contributed by atoms with E-state index < -0.39 is 0 Å². The van der Waals surface area contributed by atoms with Gasteiger partial charge in [0.2, 0.25) is 5.91 Å². The lowest BCUT2D eigenvalue weighted by molar-refractivity contribution is -0.141. The summed E-state index contributed by atoms with van der Waals surface area (Å²) in [5.41, 5.74) is 5.41. The van der Waals surface area contributed by atoms with Crippen molar-refractivity contribution in [3.63, 3.8) is 0 Å². The van der Waals surface area contributed by atoms with Crippen LogP contribution >= 0.6 is 11.3 Å². The van der Waals surface area contributed by atoms with Gasteiger partial charge in [-0.15, -0.1) is 0 Å². The Morgan fingerprint density at radius 1 is 1.27 bits per heavy atom. The van der Waals surface area contributed by atoms with Crippen LogP contribution in [0.3, 0.4) is 0 Å². The van der Waals surface area contributed by atoms with E-state index in [-0.39, 0.29) is 29.3 Å². The van der Waals surface area contributed by atoms with Crippen molar-refractivity contribution in [2.45, 2.75) is 45.3 Å². The van der Waals surface area contributed by atoms with E-state index in [0.29, 0.717) is 40.8 Å². The zero-order valence-corrected chi connectivity index (χ0v) is 25.9. The summed E-state index contributed by atoms with van der Waals surface area (Å²) in [4.78, 5) is 29.0. The molecule has 4 aromatic rings. The third-order valence-corrected chi connectivity index (χ3v) is 10.2. The first kappa shape index (κ1) is 28.7. The maximum absolute atomic E-state index is 13.6. The molecule has 3 aliphatic rings. The molecule has 1 aromatic carbocycles. The van der Waals surface area contributed by atoms with Crippen molar-refractivity contribution >= 4 is 39.5 Å². The molecule has 3 saturated heterocycles. The molecule has 1 spiro atoms. The van der Waals surface area contributed by atoms with Crippen molar-refractivity contribution < 1.29 is 14.3 Å². The molecule has 12 heteroatoms. The summed E-state index contributed by atoms with van der Waals surface area (Å²) < 4.78 is 15.7. The van der Waals surface area contributed by atoms with Crippen LogP contribution in [0.25, 0.3) is 16.9 Å². The Bertz CT molecular complexity index is 1780. The van der Waals surface area contributed by atoms with Crippen molar-refractivity contribution in [3.05, 3.63) is 58.5 Å². The van der Waals surface area contributed by atoms with Crippen molar-refractivity contribution in [1.29, 1.82) is 5.26 Å². The van der Waals surface area contributed by atoms with Gasteiger partial charge in [0, 0.05) is 69.4 Å². The fourth-order valence-electron chi connectivity index (χ4n) is 6.87. The number of nitriles is 1. The minimum atomic E-state index is -0.373. The van der Waals surface area contributed by atoms with Gasteiger partial charge in [-0.05, 0) is 55.7 Å². The average Bonchev–Trinajstić information content (AvgIpc) is 3.70. The minimum Gasteiger partial charge on any atom is -0.389 e. The van der Waals surface area contributed by atoms with E-state index in [1.54, 1.807) is 17.0 Å². The number of nitrogens with one attached hydrogen (secondary N) is 1. The number of amides is 1. The van der Waals surface area contributed by atoms with Gasteiger partial charge < -0.3 is 25.1 Å². The summed E-state index contributed by atoms with van der Waals surface area (Å²) in [6, 6.07) is 10.7. The van der Waals surface area contributed by atoms with Crippen LogP contribution in [-0.2, 0) is 11.2 Å². The molecule has 0 saturated carbocycles. The maximum Gasteiger partial charge on any atom is 0.224 e. The van der Waals surface area contributed by atoms with Gasteiger partial charge in [-0.2, -0.15) is 5.26 Å². The van der Waals surface area contributed by atoms with Crippen LogP contribution in [0.1, 0.15) is 35.9 Å². The van der Waals surface area contributed by atoms with Crippen LogP contribution in [0, 0.1) is 29.5 Å². The number of aromatic nitrogens is 3. The number of hydrogen-bond donors (Lipinski definition) is 2. The third-order valence-electron chi connectivity index (χ3n) is 9.21. The van der Waals surface area contributed by atoms with Gasteiger partial charge in [-0.3, -0.25) is 9.20 Å². The lowest BCUT2D eigenvalue weighted by Gasteiger charge is -2.49. The number of aliphatic hydroxyl groups excluding tert-OH is 1. The number of likely N-dealkylation sites (tertiary alicyclic amines) is 1. The van der Waals surface area contributed by atoms with Crippen LogP contribution in [0.5, 0.6) is 0 Å². The van der Waals surface area contributed by atoms with Crippen LogP contribution in [0.2, 0.25) is 0 Å². The predicted octanol–water partition coefficient (Wildman–Crippen LogP) is 3.87. The SMILES string of the molecule is CCc1nc2c(C)cc(N3CC4(CNC(CC(=O)N5CC(O)C5)C4)C3)cn2c1N(C)c1nc(-c2ccc(F)cc2)c(C#N)s1. The first-order chi connectivity index (χ1) is 21.2. The number of halogens is 1. The fourth-order valence-corrected chi connectivity index (χ4v) is 7.72. The normalized spacial score (nSPS) is 19.3. The number of fused-ring (bicyclic) bond motifs is 1. The highest BCUT2D eigenvalue weighted by atomic mass is 32.1. The Morgan fingerprint density at radius 2 is 2.02 bits per heavy atom. The number of carbonyl (C=O) groups excluding carboxylic acids is 1. The van der Waals surface area contributed by atoms with Crippen molar-refractivity contribution in [2.75, 3.05) is 49.6 Å². The molecule has 0 bridgehead atoms. The molecular formula is C32H35FN8O2S. The van der Waals surface area contributed by atoms with E-state index >= 15 is 0 Å². The van der Waals surface area contributed by atoms with Gasteiger partial charge in [0.05, 0.1) is 17.5 Å². The Labute approximate surface area is 259 Å². The number of anilines is 3. The molecule has 1 amide bonds. The quantitative estimate of drug-likeness (QED) is 0.323. The molecule has 3 aliphatic heterocycles. The number of pyridine rings is 1. The highest BCUT2D eigenvalue weighted by Gasteiger charge is 2.49. The van der Waals surface area contributed by atoms with E-state index in [4.69, 9.17) is 9.97 Å². The number of carbonyl (C=O) groups is 1. The highest BCUT2D eigenvalue weighted by Crippen LogP contribution is 2.43. The molecule has 7 rings (SSSR count). The summed E-state index contributed by atoms with van der Waals surface area (Å²) >= 11 is 1.31. The molecule has 10 nitrogen and oxygen atoms in total. The van der Waals surface area contributed by atoms with Crippen LogP contribution < -0.4 is 15.1 Å². The molecule has 6 heterocycles. The minimum absolute atomic E-state index is 0.123. The molecule has 3 fully saturated rings. The molecule has 1 atom stereocenters. The number of thiazole rings is 1. The smallest absolute Gasteiger partial charge is 0.224 e. The summed E-state index contributed by atoms with van der Waals surface area (Å²) in [6.07, 6.45) is 3.95. The Morgan fingerprint density at radius 3 is 2.70 bits per heavy atom. The number of aryl methyl sites for hydroxylation is 2. The van der Waals surface area contributed by atoms with E-state index in [0.717, 1.165) is 60.9 Å². The molecule has 0 radical (unpaired) electrons. The monoisotopic (exact) mass is 614 g/mol. The molecule has 44 heavy (non-hydrogen) atoms. The lowest BCUT2D eigenvalue weighted by atomic mass is 9.77. The van der Waals surface area contributed by atoms with Gasteiger partial charge >= 0.3 is 0 Å². The number of β-amino-alcohol motifs (C(OH)–C–C–N with tert-alkyl or cyclic N) is 1. The van der Waals surface area contributed by atoms with E-state index in [1.807, 2.05) is 11.9 Å². The highest BCUT2D eigenvalue weighted by molar-refractivity contribution is 7.16. The predicted molar refractivity (Wildman–Crippen MR) is 168 cm³/mol. The number of rotatable bonds is 7. The second-order valence-electron chi connectivity index (χ2n) is 12.5. The second kappa shape index (κ2) is 10.8. The number of hydrogen-bond acceptors (Lipinski definition) is 9. The summed E-state index contributed by atoms with van der Waals surface area (Å²) in [7, 11) is 1.95. The summed E-state index contributed by atoms with van der Waals surface area (Å²) in [5.74, 6) is 0.696. The standard InChI is InChI=1S/C32H35FN8O2S/c1-4-25-30(38(3)31-37-28(26(12-34)44-31)20-5-7-21(33)8-6-20)41-13-23(9-19(2)29(41)36-25)40-17-32(18-40)11-22(35-16-32)10-27(43)39-14-24(42)15-39/h5-9,13,22,24,35,42H,4,10-11,14-18H2,1-3H3. The average molecular weight is 615 g/mol. The molecule has 2 N–H and O–H groups in total. The number of aliphatic hydroxyl groups is 1. The second-order valence-corrected chi connectivity index (χ2v) is 13.4. The number of benzene rings is 1. The Balaban J connectivity index is 1.13. The van der Waals surface area contributed by atoms with Crippen molar-refractivity contribution in [3.8, 4) is 17.3 Å². The first-order valence-electron chi connectivity index (χ1n) is 15.0. The van der Waals surface area contributed by atoms with Crippen LogP contribution in [-0.4, -0.2) is 82.2 Å². The number of imidazole rings is 1. The van der Waals surface area contributed by atoms with Gasteiger partial charge in [0.1, 0.15) is 33.9 Å². The zero-order chi connectivity index (χ0) is 30.7. The summed E-state index contributed by atoms with van der Waals surface area (Å²) in [5, 5.41) is 23.6. The van der Waals surface area contributed by atoms with Crippen molar-refractivity contribution in [2.24, 2.45) is 5.41 Å². The zero-order valence-electron chi connectivity index (χ0n) is 25.0. The van der Waals surface area contributed by atoms with Crippen LogP contribution in [0.4, 0.5) is 21.0 Å². The Kier molecular flexibility index (Phi) is 7.07. The van der Waals surface area contributed by atoms with E-state index in [2.05, 4.69) is 46.8 Å². The van der Waals surface area contributed by atoms with Gasteiger partial charge in [-0.1, -0.05) is 18.3 Å². The van der Waals surface area contributed by atoms with E-state index in [9.17, 15) is 19.6 Å². The van der Waals surface area contributed by atoms with E-state index in [1.165, 1.54) is 23.5 Å². The third kappa shape index (κ3) is 4.89. The lowest BCUT2D eigenvalue weighted by Crippen LogP contribution is -2.57. The summed E-state index contributed by atoms with van der Waals surface area (Å²) in [6.45, 7) is 7.80. The molecule has 1 unspecified atom stereocenters. The number of nitrogens with zero attached hydrogens (tertiary/aromatic N) is 7. The molecule has 228 valence electrons. The van der Waals surface area contributed by atoms with Gasteiger partial charge in [0.15, 0.2) is 5.13 Å². The molecule has 3 aromatic heterocycles. The first-order valence-corrected chi connectivity index (χ1v) is 15.8. The molecular weight excluding hydrogens is 579 g/mol. The molecule has 0 aliphatic carbocycles. The van der Waals surface area contributed by atoms with Gasteiger partial charge in [0.25, 0.3) is 0 Å². The Hall–Kier alpha value is -4.05.